The summed E-state index contributed by atoms with van der Waals surface area (Å²) >= 11 is 7.89. The van der Waals surface area contributed by atoms with Crippen LogP contribution in [0.4, 0.5) is 5.69 Å². The Balaban J connectivity index is 1.50. The zero-order valence-corrected chi connectivity index (χ0v) is 15.3. The van der Waals surface area contributed by atoms with E-state index in [9.17, 15) is 9.59 Å². The van der Waals surface area contributed by atoms with Crippen LogP contribution in [0.15, 0.2) is 41.8 Å². The van der Waals surface area contributed by atoms with E-state index < -0.39 is 0 Å². The number of hydrogen-bond donors (Lipinski definition) is 0. The van der Waals surface area contributed by atoms with Crippen LogP contribution in [-0.4, -0.2) is 29.3 Å². The maximum Gasteiger partial charge on any atom is 0.228 e. The van der Waals surface area contributed by atoms with Gasteiger partial charge in [-0.1, -0.05) is 29.8 Å². The lowest BCUT2D eigenvalue weighted by Crippen LogP contribution is -2.38. The first-order valence-corrected chi connectivity index (χ1v) is 9.77. The van der Waals surface area contributed by atoms with E-state index in [2.05, 4.69) is 6.07 Å². The number of carbonyl (C=O) groups is 2. The van der Waals surface area contributed by atoms with Crippen LogP contribution in [0.25, 0.3) is 0 Å². The highest BCUT2D eigenvalue weighted by Gasteiger charge is 2.41. The van der Waals surface area contributed by atoms with E-state index in [1.807, 2.05) is 34.5 Å². The third-order valence-electron chi connectivity index (χ3n) is 4.79. The van der Waals surface area contributed by atoms with Gasteiger partial charge in [-0.25, -0.2) is 0 Å². The lowest BCUT2D eigenvalue weighted by Gasteiger charge is -2.25. The molecule has 0 spiro atoms. The van der Waals surface area contributed by atoms with Crippen molar-refractivity contribution in [2.45, 2.75) is 31.8 Å². The Morgan fingerprint density at radius 2 is 2.04 bits per heavy atom. The van der Waals surface area contributed by atoms with Crippen molar-refractivity contribution >= 4 is 40.4 Å². The number of nitrogens with zero attached hydrogens (tertiary/aromatic N) is 2. The Kier molecular flexibility index (Phi) is 4.52. The second kappa shape index (κ2) is 6.81. The normalized spacial score (nSPS) is 20.1. The predicted octanol–water partition coefficient (Wildman–Crippen LogP) is 3.95. The number of para-hydroxylation sites is 1. The van der Waals surface area contributed by atoms with Crippen molar-refractivity contribution < 1.29 is 9.59 Å². The molecule has 1 atom stereocenters. The minimum Gasteiger partial charge on any atom is -0.334 e. The Morgan fingerprint density at radius 1 is 1.24 bits per heavy atom. The van der Waals surface area contributed by atoms with E-state index in [0.29, 0.717) is 29.8 Å². The molecule has 1 aliphatic heterocycles. The van der Waals surface area contributed by atoms with Crippen molar-refractivity contribution in [1.82, 2.24) is 4.90 Å². The van der Waals surface area contributed by atoms with Gasteiger partial charge in [0, 0.05) is 23.9 Å². The summed E-state index contributed by atoms with van der Waals surface area (Å²) in [5, 5.41) is 2.57. The molecule has 0 radical (unpaired) electrons. The van der Waals surface area contributed by atoms with Crippen LogP contribution in [0.1, 0.15) is 24.1 Å². The lowest BCUT2D eigenvalue weighted by atomic mass is 10.1. The van der Waals surface area contributed by atoms with Gasteiger partial charge in [0.1, 0.15) is 0 Å². The van der Waals surface area contributed by atoms with Crippen molar-refractivity contribution in [2.75, 3.05) is 11.4 Å². The molecule has 0 bridgehead atoms. The third-order valence-corrected chi connectivity index (χ3v) is 5.98. The average Bonchev–Trinajstić information content (AvgIpc) is 3.17. The summed E-state index contributed by atoms with van der Waals surface area (Å²) in [5.41, 5.74) is 0.695. The Hall–Kier alpha value is -1.85. The number of thiophene rings is 1. The van der Waals surface area contributed by atoms with Crippen molar-refractivity contribution in [3.63, 3.8) is 0 Å². The zero-order chi connectivity index (χ0) is 17.4. The quantitative estimate of drug-likeness (QED) is 0.795. The molecule has 2 aliphatic rings. The molecular formula is C19H19ClN2O2S. The molecular weight excluding hydrogens is 356 g/mol. The molecule has 1 aromatic carbocycles. The summed E-state index contributed by atoms with van der Waals surface area (Å²) in [6, 6.07) is 11.7. The maximum absolute atomic E-state index is 13.1. The van der Waals surface area contributed by atoms with Crippen LogP contribution in [0, 0.1) is 5.92 Å². The molecule has 1 saturated heterocycles. The first-order valence-electron chi connectivity index (χ1n) is 8.51. The van der Waals surface area contributed by atoms with Crippen LogP contribution in [-0.2, 0) is 16.1 Å². The number of anilines is 1. The molecule has 130 valence electrons. The Morgan fingerprint density at radius 3 is 2.72 bits per heavy atom. The van der Waals surface area contributed by atoms with Gasteiger partial charge in [-0.15, -0.1) is 11.3 Å². The van der Waals surface area contributed by atoms with Crippen molar-refractivity contribution in [3.05, 3.63) is 51.7 Å². The second-order valence-electron chi connectivity index (χ2n) is 6.63. The highest BCUT2D eigenvalue weighted by Crippen LogP contribution is 2.35. The highest BCUT2D eigenvalue weighted by atomic mass is 35.5. The first-order chi connectivity index (χ1) is 12.1. The number of hydrogen-bond acceptors (Lipinski definition) is 3. The molecule has 1 unspecified atom stereocenters. The van der Waals surface area contributed by atoms with Crippen LogP contribution in [0.3, 0.4) is 0 Å². The predicted molar refractivity (Wildman–Crippen MR) is 99.8 cm³/mol. The minimum absolute atomic E-state index is 0.0293. The fourth-order valence-electron chi connectivity index (χ4n) is 3.35. The molecule has 0 N–H and O–H groups in total. The number of carbonyl (C=O) groups excluding carboxylic acids is 2. The largest absolute Gasteiger partial charge is 0.334 e. The summed E-state index contributed by atoms with van der Waals surface area (Å²) in [6.07, 6.45) is 2.38. The van der Waals surface area contributed by atoms with E-state index in [0.717, 1.165) is 12.8 Å². The zero-order valence-electron chi connectivity index (χ0n) is 13.7. The molecule has 2 heterocycles. The fourth-order valence-corrected chi connectivity index (χ4v) is 4.30. The Bertz CT molecular complexity index is 788. The van der Waals surface area contributed by atoms with Gasteiger partial charge in [-0.3, -0.25) is 9.59 Å². The maximum atomic E-state index is 13.1. The molecule has 6 heteroatoms. The Labute approximate surface area is 156 Å². The molecule has 1 saturated carbocycles. The number of halogens is 1. The molecule has 4 nitrogen and oxygen atoms in total. The van der Waals surface area contributed by atoms with Gasteiger partial charge in [0.2, 0.25) is 11.8 Å². The lowest BCUT2D eigenvalue weighted by molar-refractivity contribution is -0.137. The summed E-state index contributed by atoms with van der Waals surface area (Å²) in [4.78, 5) is 30.4. The standard InChI is InChI=1S/C19H19ClN2O2S/c20-16-5-1-2-6-17(16)22-11-13(10-18(22)23)19(24)21(14-7-8-14)12-15-4-3-9-25-15/h1-6,9,13-14H,7-8,10-12H2. The number of benzene rings is 1. The van der Waals surface area contributed by atoms with Crippen LogP contribution in [0.2, 0.25) is 5.02 Å². The third kappa shape index (κ3) is 3.44. The van der Waals surface area contributed by atoms with E-state index >= 15 is 0 Å². The smallest absolute Gasteiger partial charge is 0.228 e. The first kappa shape index (κ1) is 16.6. The fraction of sp³-hybridized carbons (Fsp3) is 0.368. The van der Waals surface area contributed by atoms with Crippen molar-refractivity contribution in [1.29, 1.82) is 0 Å². The van der Waals surface area contributed by atoms with Crippen LogP contribution >= 0.6 is 22.9 Å². The molecule has 4 rings (SSSR count). The van der Waals surface area contributed by atoms with Crippen molar-refractivity contribution in [2.24, 2.45) is 5.92 Å². The molecule has 2 fully saturated rings. The van der Waals surface area contributed by atoms with E-state index in [-0.39, 0.29) is 24.2 Å². The molecule has 2 aromatic rings. The number of amides is 2. The average molecular weight is 375 g/mol. The minimum atomic E-state index is -0.288. The molecule has 25 heavy (non-hydrogen) atoms. The summed E-state index contributed by atoms with van der Waals surface area (Å²) in [6.45, 7) is 1.06. The monoisotopic (exact) mass is 374 g/mol. The van der Waals surface area contributed by atoms with Crippen molar-refractivity contribution in [3.8, 4) is 0 Å². The van der Waals surface area contributed by atoms with E-state index in [4.69, 9.17) is 11.6 Å². The summed E-state index contributed by atoms with van der Waals surface area (Å²) in [5.74, 6) is -0.221. The highest BCUT2D eigenvalue weighted by molar-refractivity contribution is 7.09. The van der Waals surface area contributed by atoms with Crippen LogP contribution < -0.4 is 4.90 Å². The van der Waals surface area contributed by atoms with Gasteiger partial charge in [-0.05, 0) is 36.4 Å². The topological polar surface area (TPSA) is 40.6 Å². The number of rotatable bonds is 5. The summed E-state index contributed by atoms with van der Waals surface area (Å²) in [7, 11) is 0. The van der Waals surface area contributed by atoms with Gasteiger partial charge in [-0.2, -0.15) is 0 Å². The van der Waals surface area contributed by atoms with Gasteiger partial charge >= 0.3 is 0 Å². The SMILES string of the molecule is O=C1CC(C(=O)N(Cc2cccs2)C2CC2)CN1c1ccccc1Cl. The second-order valence-corrected chi connectivity index (χ2v) is 8.07. The van der Waals surface area contributed by atoms with E-state index in [1.54, 1.807) is 22.3 Å². The summed E-state index contributed by atoms with van der Waals surface area (Å²) < 4.78 is 0. The van der Waals surface area contributed by atoms with Gasteiger partial charge < -0.3 is 9.80 Å². The molecule has 1 aromatic heterocycles. The van der Waals surface area contributed by atoms with Gasteiger partial charge in [0.25, 0.3) is 0 Å². The molecule has 1 aliphatic carbocycles. The van der Waals surface area contributed by atoms with Crippen LogP contribution in [0.5, 0.6) is 0 Å². The van der Waals surface area contributed by atoms with E-state index in [1.165, 1.54) is 4.88 Å². The molecule has 2 amide bonds. The van der Waals surface area contributed by atoms with Gasteiger partial charge in [0.15, 0.2) is 0 Å². The van der Waals surface area contributed by atoms with Gasteiger partial charge in [0.05, 0.1) is 23.2 Å².